The van der Waals surface area contributed by atoms with Gasteiger partial charge >= 0.3 is 11.0 Å². The zero-order valence-electron chi connectivity index (χ0n) is 8.06. The molecule has 0 radical (unpaired) electrons. The first kappa shape index (κ1) is 15.2. The van der Waals surface area contributed by atoms with E-state index in [1.807, 2.05) is 0 Å². The van der Waals surface area contributed by atoms with Crippen molar-refractivity contribution in [3.05, 3.63) is 22.0 Å². The SMILES string of the molecule is O=C1C=C(SC(F)(F)F)C(=O)C(SC(F)(F)F)=C1. The Balaban J connectivity index is 2.94. The summed E-state index contributed by atoms with van der Waals surface area (Å²) in [5, 5.41) is 0. The Morgan fingerprint density at radius 2 is 1.11 bits per heavy atom. The molecule has 100 valence electrons. The van der Waals surface area contributed by atoms with Gasteiger partial charge in [-0.2, -0.15) is 26.3 Å². The van der Waals surface area contributed by atoms with Crippen molar-refractivity contribution in [1.29, 1.82) is 0 Å². The fourth-order valence-electron chi connectivity index (χ4n) is 0.954. The molecule has 1 aliphatic carbocycles. The first-order chi connectivity index (χ1) is 7.98. The normalized spacial score (nSPS) is 17.7. The standard InChI is InChI=1S/C8H2F6O2S2/c9-7(10,11)17-4-1-3(15)2-5(6(4)16)18-8(12,13)14/h1-2H. The minimum absolute atomic E-state index is 0.362. The van der Waals surface area contributed by atoms with Crippen molar-refractivity contribution in [2.24, 2.45) is 0 Å². The van der Waals surface area contributed by atoms with E-state index in [-0.39, 0.29) is 0 Å². The second-order valence-electron chi connectivity index (χ2n) is 2.84. The van der Waals surface area contributed by atoms with Crippen LogP contribution in [0, 0.1) is 0 Å². The third-order valence-corrected chi connectivity index (χ3v) is 2.95. The van der Waals surface area contributed by atoms with E-state index in [1.165, 1.54) is 0 Å². The van der Waals surface area contributed by atoms with Crippen molar-refractivity contribution in [1.82, 2.24) is 0 Å². The number of alkyl halides is 6. The van der Waals surface area contributed by atoms with Gasteiger partial charge in [-0.1, -0.05) is 0 Å². The molecule has 18 heavy (non-hydrogen) atoms. The van der Waals surface area contributed by atoms with Crippen LogP contribution in [-0.2, 0) is 9.59 Å². The van der Waals surface area contributed by atoms with Crippen LogP contribution in [0.2, 0.25) is 0 Å². The quantitative estimate of drug-likeness (QED) is 0.578. The van der Waals surface area contributed by atoms with Gasteiger partial charge in [0.1, 0.15) is 0 Å². The van der Waals surface area contributed by atoms with Gasteiger partial charge in [-0.05, 0) is 23.5 Å². The third kappa shape index (κ3) is 4.77. The maximum atomic E-state index is 12.0. The van der Waals surface area contributed by atoms with Gasteiger partial charge < -0.3 is 0 Å². The van der Waals surface area contributed by atoms with E-state index < -0.39 is 55.9 Å². The van der Waals surface area contributed by atoms with E-state index in [0.717, 1.165) is 0 Å². The van der Waals surface area contributed by atoms with Crippen LogP contribution in [0.15, 0.2) is 22.0 Å². The highest BCUT2D eigenvalue weighted by Gasteiger charge is 2.39. The lowest BCUT2D eigenvalue weighted by Crippen LogP contribution is -2.16. The second kappa shape index (κ2) is 5.00. The average molecular weight is 308 g/mol. The van der Waals surface area contributed by atoms with Gasteiger partial charge in [-0.25, -0.2) is 0 Å². The van der Waals surface area contributed by atoms with Crippen molar-refractivity contribution in [3.8, 4) is 0 Å². The molecule has 0 fully saturated rings. The Bertz CT molecular complexity index is 407. The number of thioether (sulfide) groups is 2. The number of halogens is 6. The largest absolute Gasteiger partial charge is 0.446 e. The summed E-state index contributed by atoms with van der Waals surface area (Å²) in [6, 6.07) is 0. The topological polar surface area (TPSA) is 34.1 Å². The molecule has 0 bridgehead atoms. The highest BCUT2D eigenvalue weighted by atomic mass is 32.2. The monoisotopic (exact) mass is 308 g/mol. The Morgan fingerprint density at radius 1 is 0.778 bits per heavy atom. The molecule has 2 nitrogen and oxygen atoms in total. The number of allylic oxidation sites excluding steroid dienone is 4. The van der Waals surface area contributed by atoms with Crippen LogP contribution >= 0.6 is 23.5 Å². The van der Waals surface area contributed by atoms with Gasteiger partial charge in [-0.3, -0.25) is 9.59 Å². The molecule has 0 unspecified atom stereocenters. The molecule has 0 atom stereocenters. The molecule has 0 amide bonds. The summed E-state index contributed by atoms with van der Waals surface area (Å²) in [5.74, 6) is -2.55. The van der Waals surface area contributed by atoms with Crippen molar-refractivity contribution in [2.45, 2.75) is 11.0 Å². The van der Waals surface area contributed by atoms with E-state index in [0.29, 0.717) is 12.2 Å². The first-order valence-corrected chi connectivity index (χ1v) is 5.65. The summed E-state index contributed by atoms with van der Waals surface area (Å²) in [4.78, 5) is 20.1. The van der Waals surface area contributed by atoms with Gasteiger partial charge in [0.15, 0.2) is 5.78 Å². The second-order valence-corrected chi connectivity index (χ2v) is 5.06. The summed E-state index contributed by atoms with van der Waals surface area (Å²) >= 11 is -1.82. The molecule has 0 aromatic carbocycles. The lowest BCUT2D eigenvalue weighted by molar-refractivity contribution is -0.114. The van der Waals surface area contributed by atoms with E-state index in [9.17, 15) is 35.9 Å². The predicted molar refractivity (Wildman–Crippen MR) is 53.5 cm³/mol. The van der Waals surface area contributed by atoms with E-state index in [4.69, 9.17) is 0 Å². The van der Waals surface area contributed by atoms with Crippen LogP contribution < -0.4 is 0 Å². The zero-order chi connectivity index (χ0) is 14.1. The number of Topliss-reactive ketones (excluding diaryl/α,β-unsaturated/α-hetero) is 1. The molecule has 0 aromatic rings. The summed E-state index contributed by atoms with van der Waals surface area (Å²) in [7, 11) is 0. The molecule has 0 saturated heterocycles. The maximum Gasteiger partial charge on any atom is 0.446 e. The van der Waals surface area contributed by atoms with Crippen molar-refractivity contribution < 1.29 is 35.9 Å². The highest BCUT2D eigenvalue weighted by molar-refractivity contribution is 8.06. The first-order valence-electron chi connectivity index (χ1n) is 4.01. The molecule has 0 aliphatic heterocycles. The number of rotatable bonds is 2. The van der Waals surface area contributed by atoms with Crippen LogP contribution in [0.1, 0.15) is 0 Å². The molecular formula is C8H2F6O2S2. The number of hydrogen-bond acceptors (Lipinski definition) is 4. The minimum atomic E-state index is -4.85. The van der Waals surface area contributed by atoms with Gasteiger partial charge in [0.25, 0.3) is 0 Å². The molecule has 10 heteroatoms. The van der Waals surface area contributed by atoms with Crippen LogP contribution in [0.5, 0.6) is 0 Å². The fraction of sp³-hybridized carbons (Fsp3) is 0.250. The third-order valence-electron chi connectivity index (χ3n) is 1.45. The molecule has 1 rings (SSSR count). The average Bonchev–Trinajstić information content (AvgIpc) is 2.07. The lowest BCUT2D eigenvalue weighted by atomic mass is 10.2. The minimum Gasteiger partial charge on any atom is -0.290 e. The van der Waals surface area contributed by atoms with Crippen molar-refractivity contribution in [3.63, 3.8) is 0 Å². The molecule has 0 heterocycles. The zero-order valence-corrected chi connectivity index (χ0v) is 9.69. The summed E-state index contributed by atoms with van der Waals surface area (Å²) in [6.07, 6.45) is 0.724. The number of carbonyl (C=O) groups is 2. The predicted octanol–water partition coefficient (Wildman–Crippen LogP) is 3.41. The Labute approximate surface area is 104 Å². The lowest BCUT2D eigenvalue weighted by Gasteiger charge is -2.14. The smallest absolute Gasteiger partial charge is 0.290 e. The summed E-state index contributed by atoms with van der Waals surface area (Å²) in [6.45, 7) is 0. The van der Waals surface area contributed by atoms with E-state index in [1.54, 1.807) is 0 Å². The van der Waals surface area contributed by atoms with Gasteiger partial charge in [0.2, 0.25) is 5.78 Å². The van der Waals surface area contributed by atoms with Crippen molar-refractivity contribution in [2.75, 3.05) is 0 Å². The van der Waals surface area contributed by atoms with Crippen LogP contribution in [0.3, 0.4) is 0 Å². The van der Waals surface area contributed by atoms with Gasteiger partial charge in [-0.15, -0.1) is 0 Å². The highest BCUT2D eigenvalue weighted by Crippen LogP contribution is 2.43. The van der Waals surface area contributed by atoms with Crippen LogP contribution in [-0.4, -0.2) is 22.6 Å². The molecule has 1 aliphatic rings. The fourth-order valence-corrected chi connectivity index (χ4v) is 2.27. The number of carbonyl (C=O) groups excluding carboxylic acids is 2. The van der Waals surface area contributed by atoms with Gasteiger partial charge in [0, 0.05) is 12.2 Å². The number of ketones is 2. The Kier molecular flexibility index (Phi) is 4.21. The van der Waals surface area contributed by atoms with E-state index >= 15 is 0 Å². The Hall–Kier alpha value is -0.900. The van der Waals surface area contributed by atoms with Crippen LogP contribution in [0.4, 0.5) is 26.3 Å². The summed E-state index contributed by atoms with van der Waals surface area (Å²) < 4.78 is 72.1. The molecule has 0 saturated carbocycles. The van der Waals surface area contributed by atoms with Crippen LogP contribution in [0.25, 0.3) is 0 Å². The van der Waals surface area contributed by atoms with Crippen molar-refractivity contribution >= 4 is 35.1 Å². The molecular weight excluding hydrogens is 306 g/mol. The molecule has 0 N–H and O–H groups in total. The van der Waals surface area contributed by atoms with E-state index in [2.05, 4.69) is 0 Å². The van der Waals surface area contributed by atoms with Gasteiger partial charge in [0.05, 0.1) is 9.81 Å². The maximum absolute atomic E-state index is 12.0. The Morgan fingerprint density at radius 3 is 1.39 bits per heavy atom. The molecule has 0 spiro atoms. The summed E-state index contributed by atoms with van der Waals surface area (Å²) in [5.41, 5.74) is -9.71. The molecule has 0 aromatic heterocycles. The number of hydrogen-bond donors (Lipinski definition) is 0.